The Morgan fingerprint density at radius 3 is 2.15 bits per heavy atom. The van der Waals surface area contributed by atoms with Crippen LogP contribution < -0.4 is 0 Å². The first-order valence-corrected chi connectivity index (χ1v) is 5.67. The second kappa shape index (κ2) is 3.81. The van der Waals surface area contributed by atoms with Gasteiger partial charge in [-0.05, 0) is 20.8 Å². The molecule has 1 atom stereocenters. The van der Waals surface area contributed by atoms with Crippen molar-refractivity contribution in [2.45, 2.75) is 26.9 Å². The first-order chi connectivity index (χ1) is 5.57. The van der Waals surface area contributed by atoms with E-state index < -0.39 is 26.8 Å². The van der Waals surface area contributed by atoms with E-state index >= 15 is 0 Å². The summed E-state index contributed by atoms with van der Waals surface area (Å²) < 4.78 is 25.2. The van der Waals surface area contributed by atoms with Gasteiger partial charge in [-0.15, -0.1) is 0 Å². The van der Waals surface area contributed by atoms with E-state index in [-0.39, 0.29) is 0 Å². The molecule has 0 aliphatic heterocycles. The van der Waals surface area contributed by atoms with Gasteiger partial charge in [-0.2, -0.15) is 8.42 Å². The topological polar surface area (TPSA) is 80.7 Å². The molecule has 0 radical (unpaired) electrons. The summed E-state index contributed by atoms with van der Waals surface area (Å²) in [7, 11) is 0.665. The van der Waals surface area contributed by atoms with E-state index in [9.17, 15) is 13.2 Å². The monoisotopic (exact) mass is 230 g/mol. The molecule has 1 N–H and O–H groups in total. The third kappa shape index (κ3) is 3.93. The first kappa shape index (κ1) is 12.7. The average Bonchev–Trinajstić information content (AvgIpc) is 1.82. The smallest absolute Gasteiger partial charge is 0.355 e. The Morgan fingerprint density at radius 1 is 1.54 bits per heavy atom. The number of halogens is 1. The lowest BCUT2D eigenvalue weighted by Gasteiger charge is -2.25. The maximum absolute atomic E-state index is 10.6. The van der Waals surface area contributed by atoms with Crippen molar-refractivity contribution in [2.24, 2.45) is 5.41 Å². The van der Waals surface area contributed by atoms with Gasteiger partial charge in [-0.3, -0.25) is 8.98 Å². The number of carboxylic acids is 1. The highest BCUT2D eigenvalue weighted by molar-refractivity contribution is 8.10. The molecule has 5 nitrogen and oxygen atoms in total. The van der Waals surface area contributed by atoms with Crippen molar-refractivity contribution in [1.82, 2.24) is 0 Å². The average molecular weight is 231 g/mol. The summed E-state index contributed by atoms with van der Waals surface area (Å²) in [5.41, 5.74) is -1.30. The highest BCUT2D eigenvalue weighted by atomic mass is 35.7. The molecule has 13 heavy (non-hydrogen) atoms. The zero-order valence-electron chi connectivity index (χ0n) is 7.44. The van der Waals surface area contributed by atoms with Gasteiger partial charge in [0.15, 0.2) is 0 Å². The van der Waals surface area contributed by atoms with Crippen LogP contribution in [0.4, 0.5) is 0 Å². The Hall–Kier alpha value is -0.330. The fourth-order valence-corrected chi connectivity index (χ4v) is 1.38. The molecule has 0 bridgehead atoms. The van der Waals surface area contributed by atoms with Gasteiger partial charge in [-0.1, -0.05) is 0 Å². The van der Waals surface area contributed by atoms with Crippen LogP contribution in [0.5, 0.6) is 0 Å². The van der Waals surface area contributed by atoms with Gasteiger partial charge in [0.1, 0.15) is 0 Å². The fourth-order valence-electron chi connectivity index (χ4n) is 0.467. The van der Waals surface area contributed by atoms with E-state index in [4.69, 9.17) is 15.8 Å². The molecule has 0 rings (SSSR count). The maximum Gasteiger partial charge on any atom is 0.355 e. The van der Waals surface area contributed by atoms with Gasteiger partial charge in [0.05, 0.1) is 11.5 Å². The first-order valence-electron chi connectivity index (χ1n) is 3.43. The molecule has 0 fully saturated rings. The van der Waals surface area contributed by atoms with Crippen molar-refractivity contribution in [1.29, 1.82) is 0 Å². The largest absolute Gasteiger partial charge is 0.481 e. The normalized spacial score (nSPS) is 15.4. The minimum absolute atomic E-state index is 1.02. The van der Waals surface area contributed by atoms with Crippen molar-refractivity contribution in [3.63, 3.8) is 0 Å². The molecule has 78 valence electrons. The zero-order valence-corrected chi connectivity index (χ0v) is 9.02. The van der Waals surface area contributed by atoms with E-state index in [1.807, 2.05) is 0 Å². The Balaban J connectivity index is 4.62. The van der Waals surface area contributed by atoms with Gasteiger partial charge in [0.2, 0.25) is 0 Å². The summed E-state index contributed by atoms with van der Waals surface area (Å²) >= 11 is 0. The molecule has 0 aliphatic rings. The fraction of sp³-hybridized carbons (Fsp3) is 0.833. The molecule has 0 saturated heterocycles. The third-order valence-electron chi connectivity index (χ3n) is 1.83. The summed E-state index contributed by atoms with van der Waals surface area (Å²) in [5.74, 6) is -1.15. The van der Waals surface area contributed by atoms with Crippen LogP contribution in [0, 0.1) is 5.41 Å². The maximum atomic E-state index is 10.6. The lowest BCUT2D eigenvalue weighted by molar-refractivity contribution is -0.151. The van der Waals surface area contributed by atoms with Gasteiger partial charge < -0.3 is 5.11 Å². The van der Waals surface area contributed by atoms with Crippen LogP contribution >= 0.6 is 10.7 Å². The predicted octanol–water partition coefficient (Wildman–Crippen LogP) is 0.986. The Bertz CT molecular complexity index is 294. The van der Waals surface area contributed by atoms with Crippen molar-refractivity contribution >= 4 is 26.0 Å². The molecule has 0 heterocycles. The summed E-state index contributed by atoms with van der Waals surface area (Å²) in [4.78, 5) is 10.6. The van der Waals surface area contributed by atoms with Crippen molar-refractivity contribution in [3.8, 4) is 0 Å². The number of carboxylic acid groups (broad SMARTS) is 1. The minimum atomic E-state index is -4.13. The molecule has 0 saturated carbocycles. The Morgan fingerprint density at radius 2 is 1.92 bits per heavy atom. The Kier molecular flexibility index (Phi) is 3.71. The van der Waals surface area contributed by atoms with Crippen molar-refractivity contribution < 1.29 is 22.5 Å². The number of rotatable bonds is 4. The highest BCUT2D eigenvalue weighted by Crippen LogP contribution is 2.25. The molecule has 0 aromatic heterocycles. The van der Waals surface area contributed by atoms with Gasteiger partial charge >= 0.3 is 15.3 Å². The van der Waals surface area contributed by atoms with Crippen LogP contribution in [0.1, 0.15) is 20.8 Å². The van der Waals surface area contributed by atoms with Crippen LogP contribution in [-0.4, -0.2) is 25.6 Å². The molecule has 0 spiro atoms. The van der Waals surface area contributed by atoms with E-state index in [1.54, 1.807) is 0 Å². The summed E-state index contributed by atoms with van der Waals surface area (Å²) in [6, 6.07) is 0. The lowest BCUT2D eigenvalue weighted by atomic mass is 9.88. The molecule has 0 aliphatic carbocycles. The van der Waals surface area contributed by atoms with Crippen LogP contribution in [-0.2, 0) is 18.3 Å². The van der Waals surface area contributed by atoms with E-state index in [1.165, 1.54) is 20.8 Å². The third-order valence-corrected chi connectivity index (χ3v) is 2.56. The number of hydrogen-bond acceptors (Lipinski definition) is 4. The van der Waals surface area contributed by atoms with Crippen LogP contribution in [0.2, 0.25) is 0 Å². The van der Waals surface area contributed by atoms with Crippen LogP contribution in [0.3, 0.4) is 0 Å². The second-order valence-corrected chi connectivity index (χ2v) is 5.27. The lowest BCUT2D eigenvalue weighted by Crippen LogP contribution is -2.37. The van der Waals surface area contributed by atoms with Crippen LogP contribution in [0.15, 0.2) is 0 Å². The molecule has 0 aromatic rings. The molecule has 1 unspecified atom stereocenters. The van der Waals surface area contributed by atoms with Crippen molar-refractivity contribution in [2.75, 3.05) is 0 Å². The molecule has 0 aromatic carbocycles. The second-order valence-electron chi connectivity index (χ2n) is 3.16. The van der Waals surface area contributed by atoms with E-state index in [0.29, 0.717) is 0 Å². The summed E-state index contributed by atoms with van der Waals surface area (Å²) in [6.07, 6.45) is -1.02. The zero-order chi connectivity index (χ0) is 10.9. The van der Waals surface area contributed by atoms with Crippen LogP contribution in [0.25, 0.3) is 0 Å². The molecular weight excluding hydrogens is 220 g/mol. The summed E-state index contributed by atoms with van der Waals surface area (Å²) in [5, 5.41) is 8.69. The quantitative estimate of drug-likeness (QED) is 0.729. The molecular formula is C6H11ClO5S. The summed E-state index contributed by atoms with van der Waals surface area (Å²) in [6.45, 7) is 4.03. The van der Waals surface area contributed by atoms with E-state index in [2.05, 4.69) is 4.18 Å². The van der Waals surface area contributed by atoms with Gasteiger partial charge in [0, 0.05) is 10.7 Å². The van der Waals surface area contributed by atoms with Gasteiger partial charge in [0.25, 0.3) is 0 Å². The Labute approximate surface area is 81.3 Å². The minimum Gasteiger partial charge on any atom is -0.481 e. The SMILES string of the molecule is CC(OS(=O)(=O)Cl)C(C)(C)C(=O)O. The highest BCUT2D eigenvalue weighted by Gasteiger charge is 2.37. The predicted molar refractivity (Wildman–Crippen MR) is 46.7 cm³/mol. The van der Waals surface area contributed by atoms with Crippen molar-refractivity contribution in [3.05, 3.63) is 0 Å². The molecule has 7 heteroatoms. The number of aliphatic carboxylic acids is 1. The van der Waals surface area contributed by atoms with Gasteiger partial charge in [-0.25, -0.2) is 0 Å². The number of carbonyl (C=O) groups is 1. The molecule has 0 amide bonds. The number of hydrogen-bond donors (Lipinski definition) is 1. The van der Waals surface area contributed by atoms with E-state index in [0.717, 1.165) is 0 Å². The standard InChI is InChI=1S/C6H11ClO5S/c1-4(12-13(7,10)11)6(2,3)5(8)9/h4H,1-3H3,(H,8,9).